The fraction of sp³-hybridized carbons (Fsp3) is 0.357. The van der Waals surface area contributed by atoms with Crippen molar-refractivity contribution in [1.82, 2.24) is 14.7 Å². The van der Waals surface area contributed by atoms with Crippen molar-refractivity contribution in [3.05, 3.63) is 44.9 Å². The Bertz CT molecular complexity index is 679. The molecule has 3 rings (SSSR count). The normalized spacial score (nSPS) is 13.2. The number of imidazole rings is 1. The number of nitrogens with zero attached hydrogens (tertiary/aromatic N) is 2. The second-order valence-corrected chi connectivity index (χ2v) is 6.57. The topological polar surface area (TPSA) is 29.3 Å². The van der Waals surface area contributed by atoms with Crippen molar-refractivity contribution in [2.45, 2.75) is 33.4 Å². The van der Waals surface area contributed by atoms with E-state index < -0.39 is 0 Å². The summed E-state index contributed by atoms with van der Waals surface area (Å²) in [5, 5.41) is 7.88. The lowest BCUT2D eigenvalue weighted by Gasteiger charge is -2.12. The second-order valence-electron chi connectivity index (χ2n) is 4.76. The summed E-state index contributed by atoms with van der Waals surface area (Å²) in [5.74, 6) is 0. The maximum Gasteiger partial charge on any atom is 0.194 e. The van der Waals surface area contributed by atoms with Gasteiger partial charge in [-0.1, -0.05) is 6.07 Å². The molecule has 0 aliphatic rings. The zero-order valence-corrected chi connectivity index (χ0v) is 12.9. The third-order valence-electron chi connectivity index (χ3n) is 3.38. The Morgan fingerprint density at radius 2 is 2.21 bits per heavy atom. The van der Waals surface area contributed by atoms with Gasteiger partial charge in [-0.3, -0.25) is 4.40 Å². The molecule has 0 aliphatic heterocycles. The van der Waals surface area contributed by atoms with Crippen LogP contribution in [0.5, 0.6) is 0 Å². The molecule has 0 spiro atoms. The third-order valence-corrected chi connectivity index (χ3v) is 5.37. The van der Waals surface area contributed by atoms with Gasteiger partial charge in [-0.25, -0.2) is 4.98 Å². The standard InChI is InChI=1S/C14H17N3S2/c1-9-8-19-14-16-10(2)12(17(9)14)7-15-11(3)13-5-4-6-18-13/h4-6,8,11,15H,7H2,1-3H3/t11-/m0/s1. The minimum atomic E-state index is 0.379. The highest BCUT2D eigenvalue weighted by Gasteiger charge is 2.13. The first-order valence-corrected chi connectivity index (χ1v) is 8.11. The lowest BCUT2D eigenvalue weighted by molar-refractivity contribution is 0.571. The molecular weight excluding hydrogens is 274 g/mol. The van der Waals surface area contributed by atoms with Crippen LogP contribution in [-0.4, -0.2) is 9.38 Å². The monoisotopic (exact) mass is 291 g/mol. The smallest absolute Gasteiger partial charge is 0.194 e. The molecule has 0 unspecified atom stereocenters. The first kappa shape index (κ1) is 12.8. The summed E-state index contributed by atoms with van der Waals surface area (Å²) >= 11 is 3.51. The number of hydrogen-bond acceptors (Lipinski definition) is 4. The van der Waals surface area contributed by atoms with E-state index in [1.807, 2.05) is 0 Å². The van der Waals surface area contributed by atoms with Crippen LogP contribution >= 0.6 is 22.7 Å². The van der Waals surface area contributed by atoms with Crippen LogP contribution in [0.15, 0.2) is 22.9 Å². The molecule has 0 saturated heterocycles. The SMILES string of the molecule is Cc1nc2scc(C)n2c1CN[C@@H](C)c1cccs1. The van der Waals surface area contributed by atoms with Crippen molar-refractivity contribution in [3.8, 4) is 0 Å². The number of aromatic nitrogens is 2. The quantitative estimate of drug-likeness (QED) is 0.789. The van der Waals surface area contributed by atoms with Gasteiger partial charge in [-0.15, -0.1) is 22.7 Å². The van der Waals surface area contributed by atoms with E-state index in [2.05, 4.69) is 58.4 Å². The van der Waals surface area contributed by atoms with Crippen LogP contribution < -0.4 is 5.32 Å². The average molecular weight is 291 g/mol. The second kappa shape index (κ2) is 5.07. The van der Waals surface area contributed by atoms with Crippen molar-refractivity contribution < 1.29 is 0 Å². The molecule has 0 radical (unpaired) electrons. The van der Waals surface area contributed by atoms with E-state index in [1.54, 1.807) is 22.7 Å². The third kappa shape index (κ3) is 2.33. The molecule has 0 aromatic carbocycles. The highest BCUT2D eigenvalue weighted by molar-refractivity contribution is 7.15. The van der Waals surface area contributed by atoms with Gasteiger partial charge in [-0.2, -0.15) is 0 Å². The molecule has 0 fully saturated rings. The van der Waals surface area contributed by atoms with Crippen LogP contribution in [0.1, 0.15) is 34.9 Å². The summed E-state index contributed by atoms with van der Waals surface area (Å²) in [6.07, 6.45) is 0. The molecule has 0 bridgehead atoms. The first-order valence-electron chi connectivity index (χ1n) is 6.35. The molecule has 1 atom stereocenters. The lowest BCUT2D eigenvalue weighted by atomic mass is 10.2. The molecule has 5 heteroatoms. The number of thiazole rings is 1. The molecule has 3 aromatic heterocycles. The van der Waals surface area contributed by atoms with Gasteiger partial charge in [-0.05, 0) is 32.2 Å². The number of aryl methyl sites for hydroxylation is 2. The number of nitrogens with one attached hydrogen (secondary N) is 1. The molecule has 3 heterocycles. The van der Waals surface area contributed by atoms with Gasteiger partial charge in [0.1, 0.15) is 0 Å². The van der Waals surface area contributed by atoms with Crippen LogP contribution in [0, 0.1) is 13.8 Å². The Morgan fingerprint density at radius 3 is 2.95 bits per heavy atom. The van der Waals surface area contributed by atoms with Gasteiger partial charge in [0.15, 0.2) is 4.96 Å². The highest BCUT2D eigenvalue weighted by atomic mass is 32.1. The van der Waals surface area contributed by atoms with Crippen LogP contribution in [-0.2, 0) is 6.54 Å². The zero-order valence-electron chi connectivity index (χ0n) is 11.3. The average Bonchev–Trinajstić information content (AvgIpc) is 3.07. The van der Waals surface area contributed by atoms with Gasteiger partial charge in [0.25, 0.3) is 0 Å². The molecule has 100 valence electrons. The Morgan fingerprint density at radius 1 is 1.37 bits per heavy atom. The van der Waals surface area contributed by atoms with E-state index in [9.17, 15) is 0 Å². The van der Waals surface area contributed by atoms with E-state index in [0.717, 1.165) is 17.2 Å². The summed E-state index contributed by atoms with van der Waals surface area (Å²) in [4.78, 5) is 7.09. The Hall–Kier alpha value is -1.17. The summed E-state index contributed by atoms with van der Waals surface area (Å²) in [6, 6.07) is 4.66. The molecule has 0 aliphatic carbocycles. The minimum absolute atomic E-state index is 0.379. The molecule has 19 heavy (non-hydrogen) atoms. The van der Waals surface area contributed by atoms with Crippen LogP contribution in [0.25, 0.3) is 4.96 Å². The van der Waals surface area contributed by atoms with Gasteiger partial charge in [0.2, 0.25) is 0 Å². The fourth-order valence-electron chi connectivity index (χ4n) is 2.26. The first-order chi connectivity index (χ1) is 9.16. The fourth-order valence-corrected chi connectivity index (χ4v) is 3.95. The number of hydrogen-bond donors (Lipinski definition) is 1. The predicted octanol–water partition coefficient (Wildman–Crippen LogP) is 3.92. The van der Waals surface area contributed by atoms with Crippen LogP contribution in [0.2, 0.25) is 0 Å². The minimum Gasteiger partial charge on any atom is -0.304 e. The Kier molecular flexibility index (Phi) is 3.43. The maximum absolute atomic E-state index is 4.62. The van der Waals surface area contributed by atoms with Gasteiger partial charge < -0.3 is 5.32 Å². The van der Waals surface area contributed by atoms with E-state index in [0.29, 0.717) is 6.04 Å². The van der Waals surface area contributed by atoms with Gasteiger partial charge in [0, 0.05) is 28.5 Å². The van der Waals surface area contributed by atoms with Crippen molar-refractivity contribution >= 4 is 27.6 Å². The summed E-state index contributed by atoms with van der Waals surface area (Å²) < 4.78 is 2.26. The highest BCUT2D eigenvalue weighted by Crippen LogP contribution is 2.22. The van der Waals surface area contributed by atoms with E-state index in [1.165, 1.54) is 16.3 Å². The molecule has 1 N–H and O–H groups in total. The van der Waals surface area contributed by atoms with Crippen LogP contribution in [0.4, 0.5) is 0 Å². The molecule has 0 saturated carbocycles. The maximum atomic E-state index is 4.62. The molecular formula is C14H17N3S2. The largest absolute Gasteiger partial charge is 0.304 e. The zero-order chi connectivity index (χ0) is 13.4. The summed E-state index contributed by atoms with van der Waals surface area (Å²) in [5.41, 5.74) is 3.67. The van der Waals surface area contributed by atoms with E-state index >= 15 is 0 Å². The lowest BCUT2D eigenvalue weighted by Crippen LogP contribution is -2.18. The Labute approximate surface area is 120 Å². The van der Waals surface area contributed by atoms with Crippen molar-refractivity contribution in [2.24, 2.45) is 0 Å². The van der Waals surface area contributed by atoms with E-state index in [4.69, 9.17) is 0 Å². The summed E-state index contributed by atoms with van der Waals surface area (Å²) in [6.45, 7) is 7.28. The Balaban J connectivity index is 1.82. The number of thiophene rings is 1. The molecule has 3 nitrogen and oxygen atoms in total. The molecule has 3 aromatic rings. The predicted molar refractivity (Wildman–Crippen MR) is 82.1 cm³/mol. The van der Waals surface area contributed by atoms with Crippen LogP contribution in [0.3, 0.4) is 0 Å². The van der Waals surface area contributed by atoms with E-state index in [-0.39, 0.29) is 0 Å². The number of fused-ring (bicyclic) bond motifs is 1. The number of rotatable bonds is 4. The van der Waals surface area contributed by atoms with Gasteiger partial charge in [0.05, 0.1) is 11.4 Å². The van der Waals surface area contributed by atoms with Crippen molar-refractivity contribution in [1.29, 1.82) is 0 Å². The molecule has 0 amide bonds. The van der Waals surface area contributed by atoms with Crippen molar-refractivity contribution in [2.75, 3.05) is 0 Å². The van der Waals surface area contributed by atoms with Gasteiger partial charge >= 0.3 is 0 Å². The summed E-state index contributed by atoms with van der Waals surface area (Å²) in [7, 11) is 0. The van der Waals surface area contributed by atoms with Crippen molar-refractivity contribution in [3.63, 3.8) is 0 Å².